The Balaban J connectivity index is 0.866. The van der Waals surface area contributed by atoms with Crippen LogP contribution in [0.1, 0.15) is 62.8 Å². The van der Waals surface area contributed by atoms with Crippen LogP contribution in [-0.2, 0) is 0 Å². The van der Waals surface area contributed by atoms with Gasteiger partial charge in [-0.25, -0.2) is 0 Å². The zero-order valence-corrected chi connectivity index (χ0v) is 46.5. The Hall–Kier alpha value is -10.6. The lowest BCUT2D eigenvalue weighted by molar-refractivity contribution is 0.225. The van der Waals surface area contributed by atoms with Crippen LogP contribution >= 0.6 is 0 Å². The summed E-state index contributed by atoms with van der Waals surface area (Å²) < 4.78 is 22.3. The Kier molecular flexibility index (Phi) is 11.6. The first kappa shape index (κ1) is 49.0. The maximum Gasteiger partial charge on any atom is 0.148 e. The van der Waals surface area contributed by atoms with Gasteiger partial charge in [-0.2, -0.15) is 0 Å². The number of nitrogens with zero attached hydrogens (tertiary/aromatic N) is 2. The summed E-state index contributed by atoms with van der Waals surface area (Å²) >= 11 is 0. The first-order chi connectivity index (χ1) is 42.2. The van der Waals surface area contributed by atoms with Crippen LogP contribution in [0.15, 0.2) is 303 Å². The van der Waals surface area contributed by atoms with Crippen LogP contribution in [-0.4, -0.2) is 12.2 Å². The molecule has 5 heteroatoms. The minimum atomic E-state index is -0.298. The van der Waals surface area contributed by atoms with Crippen molar-refractivity contribution in [1.29, 1.82) is 0 Å². The van der Waals surface area contributed by atoms with Crippen molar-refractivity contribution in [2.24, 2.45) is 0 Å². The number of hydrogen-bond acceptors (Lipinski definition) is 5. The quantitative estimate of drug-likeness (QED) is 0.136. The van der Waals surface area contributed by atoms with Gasteiger partial charge in [-0.05, 0) is 81.9 Å². The Labute approximate surface area is 495 Å². The van der Waals surface area contributed by atoms with Gasteiger partial charge in [0, 0.05) is 78.9 Å². The highest BCUT2D eigenvalue weighted by atomic mass is 16.5. The zero-order valence-electron chi connectivity index (χ0n) is 46.5. The van der Waals surface area contributed by atoms with Gasteiger partial charge in [0.05, 0.1) is 22.8 Å². The van der Waals surface area contributed by atoms with Gasteiger partial charge in [0.15, 0.2) is 0 Å². The molecule has 0 aromatic heterocycles. The summed E-state index contributed by atoms with van der Waals surface area (Å²) in [6.07, 6.45) is 15.3. The second kappa shape index (κ2) is 20.1. The molecule has 404 valence electrons. The molecule has 6 unspecified atom stereocenters. The van der Waals surface area contributed by atoms with Crippen LogP contribution in [0.3, 0.4) is 0 Å². The Morgan fingerprint density at radius 2 is 0.741 bits per heavy atom. The zero-order chi connectivity index (χ0) is 56.0. The van der Waals surface area contributed by atoms with E-state index in [9.17, 15) is 0 Å². The summed E-state index contributed by atoms with van der Waals surface area (Å²) in [5.74, 6) is 2.57. The Morgan fingerprint density at radius 3 is 1.32 bits per heavy atom. The molecule has 6 atom stereocenters. The molecule has 0 saturated carbocycles. The molecule has 0 fully saturated rings. The normalized spacial score (nSPS) is 19.7. The molecule has 11 aromatic rings. The van der Waals surface area contributed by atoms with E-state index in [1.54, 1.807) is 0 Å². The summed E-state index contributed by atoms with van der Waals surface area (Å²) in [6, 6.07) is 94.2. The lowest BCUT2D eigenvalue weighted by Gasteiger charge is -2.35. The fourth-order valence-electron chi connectivity index (χ4n) is 14.3. The molecule has 85 heavy (non-hydrogen) atoms. The van der Waals surface area contributed by atoms with E-state index in [0.717, 1.165) is 101 Å². The Bertz CT molecular complexity index is 4620. The predicted octanol–water partition coefficient (Wildman–Crippen LogP) is 20.0. The van der Waals surface area contributed by atoms with Crippen molar-refractivity contribution < 1.29 is 14.2 Å². The third-order valence-corrected chi connectivity index (χ3v) is 18.1. The number of ether oxygens (including phenoxy) is 3. The van der Waals surface area contributed by atoms with Gasteiger partial charge in [0.2, 0.25) is 0 Å². The van der Waals surface area contributed by atoms with E-state index in [1.165, 1.54) is 33.4 Å². The first-order valence-electron chi connectivity index (χ1n) is 29.6. The maximum absolute atomic E-state index is 7.52. The van der Waals surface area contributed by atoms with Crippen LogP contribution in [0, 0.1) is 0 Å². The topological polar surface area (TPSA) is 34.2 Å². The number of para-hydroxylation sites is 2. The highest BCUT2D eigenvalue weighted by molar-refractivity contribution is 6.05. The van der Waals surface area contributed by atoms with E-state index in [4.69, 9.17) is 14.2 Å². The van der Waals surface area contributed by atoms with Crippen molar-refractivity contribution in [3.8, 4) is 39.5 Å². The molecular weight excluding hydrogens is 1040 g/mol. The number of benzene rings is 11. The highest BCUT2D eigenvalue weighted by Gasteiger charge is 2.45. The van der Waals surface area contributed by atoms with Crippen molar-refractivity contribution in [1.82, 2.24) is 0 Å². The number of anilines is 5. The van der Waals surface area contributed by atoms with E-state index in [1.807, 2.05) is 0 Å². The molecule has 5 nitrogen and oxygen atoms in total. The molecular formula is C80H56N2O3. The van der Waals surface area contributed by atoms with Gasteiger partial charge in [-0.15, -0.1) is 0 Å². The van der Waals surface area contributed by atoms with Crippen molar-refractivity contribution in [2.45, 2.75) is 36.1 Å². The highest BCUT2D eigenvalue weighted by Crippen LogP contribution is 2.61. The first-order valence-corrected chi connectivity index (χ1v) is 29.6. The molecule has 6 aliphatic rings. The van der Waals surface area contributed by atoms with Gasteiger partial charge in [-0.1, -0.05) is 255 Å². The minimum Gasteiger partial charge on any atom is -0.484 e. The number of allylic oxidation sites excluding steroid dienone is 4. The summed E-state index contributed by atoms with van der Waals surface area (Å²) in [5, 5.41) is 2.14. The third-order valence-electron chi connectivity index (χ3n) is 18.1. The molecule has 17 rings (SSSR count). The van der Waals surface area contributed by atoms with Crippen molar-refractivity contribution in [3.63, 3.8) is 0 Å². The monoisotopic (exact) mass is 1090 g/mol. The number of rotatable bonds is 10. The van der Waals surface area contributed by atoms with E-state index in [0.29, 0.717) is 0 Å². The van der Waals surface area contributed by atoms with Gasteiger partial charge < -0.3 is 24.0 Å². The SMILES string of the molecule is C1=CC2c3cccc(N(C4=CC5c6cc(N(c7cccc(-c8ccccc8)c7)c7cccc8c7OC7C(c9ccccc9)=CC=CC87)c7ccccc7c6OC5c5ccccc54)c4cccc(-c5ccccc5)c4)c3OC2C(c2ccccc2)=C1. The maximum atomic E-state index is 7.52. The van der Waals surface area contributed by atoms with Crippen LogP contribution in [0.5, 0.6) is 17.2 Å². The van der Waals surface area contributed by atoms with Gasteiger partial charge in [0.25, 0.3) is 0 Å². The third kappa shape index (κ3) is 8.06. The standard InChI is InChI=1S/C80H56N2O3/c1-5-23-51(24-6-1)55-31-17-33-57(47-55)81(71-45-21-43-67-65-41-19-39-59(75(65)84-79(67)71)53-27-9-3-10-28-53)73-49-69-70-50-74(62-36-14-16-38-64(62)78(70)83-77(69)63-37-15-13-35-61(63)73)82(58-34-18-32-56(48-58)52-25-7-2-8-26-52)72-46-22-44-68-66-42-20-40-60(76(66)85-80(68)72)54-29-11-4-12-30-54/h1-50,65-66,69,75-77H. The average molecular weight is 1090 g/mol. The molecule has 0 spiro atoms. The molecule has 0 saturated heterocycles. The lowest BCUT2D eigenvalue weighted by atomic mass is 9.81. The van der Waals surface area contributed by atoms with E-state index in [-0.39, 0.29) is 36.1 Å². The minimum absolute atomic E-state index is 0.0416. The molecule has 0 amide bonds. The van der Waals surface area contributed by atoms with E-state index >= 15 is 0 Å². The molecule has 11 aromatic carbocycles. The molecule has 0 bridgehead atoms. The van der Waals surface area contributed by atoms with Crippen LogP contribution in [0.4, 0.5) is 28.4 Å². The smallest absolute Gasteiger partial charge is 0.148 e. The second-order valence-corrected chi connectivity index (χ2v) is 22.8. The van der Waals surface area contributed by atoms with Crippen LogP contribution in [0.25, 0.3) is 49.9 Å². The van der Waals surface area contributed by atoms with Crippen LogP contribution in [0.2, 0.25) is 0 Å². The van der Waals surface area contributed by atoms with Gasteiger partial charge in [0.1, 0.15) is 35.6 Å². The average Bonchev–Trinajstić information content (AvgIpc) is 2.44. The molecule has 3 aliphatic carbocycles. The van der Waals surface area contributed by atoms with Crippen molar-refractivity contribution in [2.75, 3.05) is 9.80 Å². The summed E-state index contributed by atoms with van der Waals surface area (Å²) in [7, 11) is 0. The lowest BCUT2D eigenvalue weighted by Crippen LogP contribution is -2.24. The number of hydrogen-bond donors (Lipinski definition) is 0. The fraction of sp³-hybridized carbons (Fsp3) is 0.0750. The van der Waals surface area contributed by atoms with Gasteiger partial charge in [-0.3, -0.25) is 0 Å². The van der Waals surface area contributed by atoms with E-state index < -0.39 is 0 Å². The van der Waals surface area contributed by atoms with E-state index in [2.05, 4.69) is 313 Å². The van der Waals surface area contributed by atoms with Gasteiger partial charge >= 0.3 is 0 Å². The second-order valence-electron chi connectivity index (χ2n) is 22.8. The van der Waals surface area contributed by atoms with Crippen molar-refractivity contribution >= 4 is 56.1 Å². The predicted molar refractivity (Wildman–Crippen MR) is 346 cm³/mol. The summed E-state index contributed by atoms with van der Waals surface area (Å²) in [4.78, 5) is 4.92. The van der Waals surface area contributed by atoms with Crippen molar-refractivity contribution in [3.05, 3.63) is 342 Å². The summed E-state index contributed by atoms with van der Waals surface area (Å²) in [5.41, 5.74) is 21.1. The Morgan fingerprint density at radius 1 is 0.294 bits per heavy atom. The number of fused-ring (bicyclic) bond motifs is 13. The fourth-order valence-corrected chi connectivity index (χ4v) is 14.3. The van der Waals surface area contributed by atoms with Crippen LogP contribution < -0.4 is 24.0 Å². The summed E-state index contributed by atoms with van der Waals surface area (Å²) in [6.45, 7) is 0. The molecule has 0 radical (unpaired) electrons. The molecule has 0 N–H and O–H groups in total. The molecule has 3 heterocycles. The molecule has 3 aliphatic heterocycles. The largest absolute Gasteiger partial charge is 0.484 e.